The molecule has 0 aromatic rings. The fourth-order valence-electron chi connectivity index (χ4n) is 4.69. The second-order valence-corrected chi connectivity index (χ2v) is 11.8. The summed E-state index contributed by atoms with van der Waals surface area (Å²) in [5, 5.41) is 32.9. The number of nitrogens with one attached hydrogen (secondary N) is 1. The molecule has 0 saturated heterocycles. The van der Waals surface area contributed by atoms with Crippen LogP contribution >= 0.6 is 0 Å². The molecule has 0 bridgehead atoms. The van der Waals surface area contributed by atoms with E-state index in [0.717, 1.165) is 44.9 Å². The Morgan fingerprint density at radius 3 is 1.67 bits per heavy atom. The van der Waals surface area contributed by atoms with Crippen molar-refractivity contribution in [3.8, 4) is 0 Å². The Morgan fingerprint density at radius 2 is 1.13 bits per heavy atom. The minimum atomic E-state index is -0.938. The molecule has 0 aromatic carbocycles. The number of hydrogen-bond acceptors (Lipinski definition) is 4. The Hall–Kier alpha value is -2.47. The zero-order valence-corrected chi connectivity index (χ0v) is 28.7. The third-order valence-corrected chi connectivity index (χ3v) is 7.50. The zero-order chi connectivity index (χ0) is 33.1. The molecule has 4 N–H and O–H groups in total. The predicted octanol–water partition coefficient (Wildman–Crippen LogP) is 9.53. The summed E-state index contributed by atoms with van der Waals surface area (Å²) in [5.74, 6) is -0.297. The Bertz CT molecular complexity index is 868. The molecule has 1 amide bonds. The fraction of sp³-hybridized carbons (Fsp3) is 0.625. The van der Waals surface area contributed by atoms with Crippen molar-refractivity contribution in [1.29, 1.82) is 0 Å². The van der Waals surface area contributed by atoms with E-state index in [1.165, 1.54) is 64.2 Å². The molecule has 0 rings (SSSR count). The molecule has 5 nitrogen and oxygen atoms in total. The summed E-state index contributed by atoms with van der Waals surface area (Å²) in [7, 11) is 0. The quantitative estimate of drug-likeness (QED) is 0.0364. The molecule has 0 heterocycles. The molecule has 256 valence electrons. The van der Waals surface area contributed by atoms with E-state index in [0.29, 0.717) is 0 Å². The van der Waals surface area contributed by atoms with Gasteiger partial charge in [-0.15, -0.1) is 0 Å². The molecule has 3 atom stereocenters. The van der Waals surface area contributed by atoms with Gasteiger partial charge in [-0.25, -0.2) is 0 Å². The normalized spacial score (nSPS) is 14.9. The van der Waals surface area contributed by atoms with E-state index >= 15 is 0 Å². The summed E-state index contributed by atoms with van der Waals surface area (Å²) >= 11 is 0. The van der Waals surface area contributed by atoms with Gasteiger partial charge in [-0.05, 0) is 51.4 Å². The van der Waals surface area contributed by atoms with Crippen LogP contribution in [-0.4, -0.2) is 46.1 Å². The maximum Gasteiger partial charge on any atom is 0.220 e. The van der Waals surface area contributed by atoms with Crippen LogP contribution in [0.4, 0.5) is 0 Å². The molecule has 5 heteroatoms. The standard InChI is InChI=1S/C40H67NO4/c1-3-5-7-9-11-13-15-17-18-19-21-22-24-26-28-30-32-37(43)34-35-40(45)41-38(36-42)39(44)33-31-29-27-25-23-20-16-14-12-10-8-6-4-2/h5,7,11,13,17-18,21-22,26,28,30-33,37-39,42-44H,3-4,6,8-10,12,14-16,19-20,23-25,27,29,34-36H2,1-2H3,(H,41,45)/b7-5-,13-11-,18-17-,22-21-,28-26-,32-30-,33-31+/t37?,38-,39+/m0/s1. The first-order valence-electron chi connectivity index (χ1n) is 17.9. The van der Waals surface area contributed by atoms with E-state index in [-0.39, 0.29) is 25.4 Å². The Morgan fingerprint density at radius 1 is 0.622 bits per heavy atom. The molecule has 45 heavy (non-hydrogen) atoms. The minimum Gasteiger partial charge on any atom is -0.394 e. The van der Waals surface area contributed by atoms with Crippen LogP contribution in [0.2, 0.25) is 0 Å². The smallest absolute Gasteiger partial charge is 0.220 e. The lowest BCUT2D eigenvalue weighted by molar-refractivity contribution is -0.123. The summed E-state index contributed by atoms with van der Waals surface area (Å²) in [6, 6.07) is -0.750. The number of hydrogen-bond donors (Lipinski definition) is 4. The molecule has 1 unspecified atom stereocenters. The Kier molecular flexibility index (Phi) is 32.5. The van der Waals surface area contributed by atoms with E-state index in [2.05, 4.69) is 67.8 Å². The van der Waals surface area contributed by atoms with E-state index in [1.807, 2.05) is 18.2 Å². The van der Waals surface area contributed by atoms with Gasteiger partial charge in [0.2, 0.25) is 5.91 Å². The van der Waals surface area contributed by atoms with Gasteiger partial charge in [0.05, 0.1) is 24.9 Å². The number of carbonyl (C=O) groups is 1. The molecule has 0 aliphatic heterocycles. The van der Waals surface area contributed by atoms with Crippen molar-refractivity contribution < 1.29 is 20.1 Å². The van der Waals surface area contributed by atoms with Crippen molar-refractivity contribution in [1.82, 2.24) is 5.32 Å². The van der Waals surface area contributed by atoms with Crippen molar-refractivity contribution in [3.05, 3.63) is 85.1 Å². The molecule has 0 aliphatic rings. The first-order chi connectivity index (χ1) is 22.0. The lowest BCUT2D eigenvalue weighted by atomic mass is 10.0. The average Bonchev–Trinajstić information content (AvgIpc) is 3.04. The third kappa shape index (κ3) is 31.3. The summed E-state index contributed by atoms with van der Waals surface area (Å²) in [6.45, 7) is 4.05. The van der Waals surface area contributed by atoms with Gasteiger partial charge >= 0.3 is 0 Å². The molecule has 0 radical (unpaired) electrons. The van der Waals surface area contributed by atoms with E-state index in [1.54, 1.807) is 18.2 Å². The molecular weight excluding hydrogens is 558 g/mol. The summed E-state index contributed by atoms with van der Waals surface area (Å²) in [6.07, 6.45) is 47.0. The van der Waals surface area contributed by atoms with Gasteiger partial charge in [-0.2, -0.15) is 0 Å². The zero-order valence-electron chi connectivity index (χ0n) is 28.7. The van der Waals surface area contributed by atoms with Gasteiger partial charge in [0.15, 0.2) is 0 Å². The van der Waals surface area contributed by atoms with Crippen LogP contribution in [-0.2, 0) is 4.79 Å². The number of carbonyl (C=O) groups excluding carboxylic acids is 1. The minimum absolute atomic E-state index is 0.114. The Balaban J connectivity index is 3.97. The van der Waals surface area contributed by atoms with Gasteiger partial charge < -0.3 is 20.6 Å². The lowest BCUT2D eigenvalue weighted by Gasteiger charge is -2.20. The van der Waals surface area contributed by atoms with Crippen LogP contribution in [0.25, 0.3) is 0 Å². The molecule has 0 saturated carbocycles. The number of rotatable bonds is 30. The average molecular weight is 626 g/mol. The van der Waals surface area contributed by atoms with Crippen LogP contribution in [0.1, 0.15) is 136 Å². The molecule has 0 fully saturated rings. The van der Waals surface area contributed by atoms with Gasteiger partial charge in [0.1, 0.15) is 0 Å². The number of aliphatic hydroxyl groups excluding tert-OH is 3. The van der Waals surface area contributed by atoms with Crippen molar-refractivity contribution in [2.24, 2.45) is 0 Å². The second kappa shape index (κ2) is 34.4. The highest BCUT2D eigenvalue weighted by Gasteiger charge is 2.18. The SMILES string of the molecule is CC/C=C\C/C=C\C/C=C\C/C=C\C/C=C\C=C/C(O)CCC(=O)N[C@@H](CO)[C@H](O)/C=C/CCCCCCCCCCCCC. The number of aliphatic hydroxyl groups is 3. The summed E-state index contributed by atoms with van der Waals surface area (Å²) in [4.78, 5) is 12.3. The first-order valence-corrected chi connectivity index (χ1v) is 17.9. The highest BCUT2D eigenvalue weighted by molar-refractivity contribution is 5.76. The van der Waals surface area contributed by atoms with Gasteiger partial charge in [0, 0.05) is 6.42 Å². The largest absolute Gasteiger partial charge is 0.394 e. The Labute approximate surface area is 276 Å². The summed E-state index contributed by atoms with van der Waals surface area (Å²) in [5.41, 5.74) is 0. The molecule has 0 aliphatic carbocycles. The molecule has 0 spiro atoms. The maximum atomic E-state index is 12.3. The van der Waals surface area contributed by atoms with Crippen LogP contribution in [0.5, 0.6) is 0 Å². The highest BCUT2D eigenvalue weighted by Crippen LogP contribution is 2.12. The van der Waals surface area contributed by atoms with E-state index < -0.39 is 18.2 Å². The molecule has 0 aromatic heterocycles. The van der Waals surface area contributed by atoms with Crippen molar-refractivity contribution in [2.45, 2.75) is 154 Å². The van der Waals surface area contributed by atoms with Crippen LogP contribution < -0.4 is 5.32 Å². The van der Waals surface area contributed by atoms with E-state index in [9.17, 15) is 20.1 Å². The topological polar surface area (TPSA) is 89.8 Å². The van der Waals surface area contributed by atoms with Crippen LogP contribution in [0.15, 0.2) is 85.1 Å². The first kappa shape index (κ1) is 42.5. The van der Waals surface area contributed by atoms with Gasteiger partial charge in [-0.1, -0.05) is 163 Å². The van der Waals surface area contributed by atoms with Gasteiger partial charge in [-0.3, -0.25) is 4.79 Å². The van der Waals surface area contributed by atoms with Crippen molar-refractivity contribution in [2.75, 3.05) is 6.61 Å². The van der Waals surface area contributed by atoms with Crippen molar-refractivity contribution in [3.63, 3.8) is 0 Å². The van der Waals surface area contributed by atoms with E-state index in [4.69, 9.17) is 0 Å². The highest BCUT2D eigenvalue weighted by atomic mass is 16.3. The maximum absolute atomic E-state index is 12.3. The summed E-state index contributed by atoms with van der Waals surface area (Å²) < 4.78 is 0. The number of amides is 1. The van der Waals surface area contributed by atoms with Gasteiger partial charge in [0.25, 0.3) is 0 Å². The third-order valence-electron chi connectivity index (χ3n) is 7.50. The van der Waals surface area contributed by atoms with Crippen molar-refractivity contribution >= 4 is 5.91 Å². The number of allylic oxidation sites excluding steroid dienone is 12. The molecular formula is C40H67NO4. The fourth-order valence-corrected chi connectivity index (χ4v) is 4.69. The monoisotopic (exact) mass is 626 g/mol. The second-order valence-electron chi connectivity index (χ2n) is 11.8. The lowest BCUT2D eigenvalue weighted by Crippen LogP contribution is -2.45. The van der Waals surface area contributed by atoms with Crippen LogP contribution in [0, 0.1) is 0 Å². The number of unbranched alkanes of at least 4 members (excludes halogenated alkanes) is 11. The van der Waals surface area contributed by atoms with Crippen LogP contribution in [0.3, 0.4) is 0 Å². The predicted molar refractivity (Wildman–Crippen MR) is 194 cm³/mol.